The zero-order valence-electron chi connectivity index (χ0n) is 19.8. The van der Waals surface area contributed by atoms with Crippen molar-refractivity contribution in [2.24, 2.45) is 17.8 Å². The van der Waals surface area contributed by atoms with Crippen molar-refractivity contribution in [1.29, 1.82) is 0 Å². The third kappa shape index (κ3) is 7.64. The van der Waals surface area contributed by atoms with E-state index < -0.39 is 36.1 Å². The topological polar surface area (TPSA) is 96.7 Å². The molecule has 0 amide bonds. The first-order chi connectivity index (χ1) is 15.1. The van der Waals surface area contributed by atoms with Crippen LogP contribution in [0.15, 0.2) is 23.1 Å². The van der Waals surface area contributed by atoms with E-state index >= 15 is 0 Å². The van der Waals surface area contributed by atoms with Gasteiger partial charge in [-0.25, -0.2) is 4.98 Å². The van der Waals surface area contributed by atoms with Gasteiger partial charge in [-0.3, -0.25) is 9.59 Å². The Morgan fingerprint density at radius 3 is 2.56 bits per heavy atom. The molecule has 32 heavy (non-hydrogen) atoms. The Bertz CT molecular complexity index is 830. The van der Waals surface area contributed by atoms with Gasteiger partial charge in [-0.1, -0.05) is 32.9 Å². The maximum Gasteiger partial charge on any atom is 0.309 e. The predicted molar refractivity (Wildman–Crippen MR) is 127 cm³/mol. The lowest BCUT2D eigenvalue weighted by molar-refractivity contribution is -0.151. The number of aliphatic hydroxyl groups excluding tert-OH is 2. The minimum atomic E-state index is -1.16. The predicted octanol–water partition coefficient (Wildman–Crippen LogP) is 4.49. The van der Waals surface area contributed by atoms with E-state index in [9.17, 15) is 19.8 Å². The number of carbonyl (C=O) groups is 2. The number of nitrogens with zero attached hydrogens (tertiary/aromatic N) is 1. The molecule has 7 heteroatoms. The molecule has 178 valence electrons. The number of aryl methyl sites for hydroxylation is 1. The first-order valence-corrected chi connectivity index (χ1v) is 12.3. The summed E-state index contributed by atoms with van der Waals surface area (Å²) in [4.78, 5) is 29.8. The number of hydrogen-bond donors (Lipinski definition) is 2. The summed E-state index contributed by atoms with van der Waals surface area (Å²) in [7, 11) is 0. The van der Waals surface area contributed by atoms with E-state index in [1.54, 1.807) is 25.2 Å². The summed E-state index contributed by atoms with van der Waals surface area (Å²) in [6, 6.07) is 0. The van der Waals surface area contributed by atoms with Crippen LogP contribution in [0.3, 0.4) is 0 Å². The van der Waals surface area contributed by atoms with Crippen LogP contribution < -0.4 is 0 Å². The third-order valence-corrected chi connectivity index (χ3v) is 7.08. The van der Waals surface area contributed by atoms with Gasteiger partial charge in [0.05, 0.1) is 29.3 Å². The number of aliphatic hydroxyl groups is 2. The van der Waals surface area contributed by atoms with E-state index in [-0.39, 0.29) is 18.1 Å². The van der Waals surface area contributed by atoms with Crippen LogP contribution in [0.4, 0.5) is 0 Å². The fourth-order valence-electron chi connectivity index (χ4n) is 3.99. The number of cyclic esters (lactones) is 1. The molecule has 0 aromatic carbocycles. The Morgan fingerprint density at radius 1 is 1.19 bits per heavy atom. The number of ether oxygens (including phenoxy) is 1. The highest BCUT2D eigenvalue weighted by Crippen LogP contribution is 2.25. The normalized spacial score (nSPS) is 33.0. The molecule has 6 nitrogen and oxygen atoms in total. The Kier molecular flexibility index (Phi) is 10.3. The first kappa shape index (κ1) is 26.4. The molecular weight excluding hydrogens is 426 g/mol. The highest BCUT2D eigenvalue weighted by molar-refractivity contribution is 7.09. The quantitative estimate of drug-likeness (QED) is 0.496. The van der Waals surface area contributed by atoms with E-state index in [1.807, 2.05) is 38.3 Å². The van der Waals surface area contributed by atoms with E-state index in [0.717, 1.165) is 35.5 Å². The zero-order valence-corrected chi connectivity index (χ0v) is 20.6. The fraction of sp³-hybridized carbons (Fsp3) is 0.640. The first-order valence-electron chi connectivity index (χ1n) is 11.4. The zero-order chi connectivity index (χ0) is 23.8. The maximum atomic E-state index is 12.8. The van der Waals surface area contributed by atoms with Crippen LogP contribution in [0.2, 0.25) is 0 Å². The average Bonchev–Trinajstić information content (AvgIpc) is 3.16. The van der Waals surface area contributed by atoms with Gasteiger partial charge in [0.25, 0.3) is 0 Å². The summed E-state index contributed by atoms with van der Waals surface area (Å²) in [5, 5.41) is 24.0. The van der Waals surface area contributed by atoms with E-state index in [1.165, 1.54) is 0 Å². The molecule has 0 saturated heterocycles. The molecule has 0 fully saturated rings. The van der Waals surface area contributed by atoms with Crippen LogP contribution in [0.5, 0.6) is 0 Å². The van der Waals surface area contributed by atoms with Crippen molar-refractivity contribution in [1.82, 2.24) is 4.98 Å². The second-order valence-electron chi connectivity index (χ2n) is 9.02. The number of allylic oxidation sites excluding steroid dienone is 1. The number of thiazole rings is 1. The summed E-state index contributed by atoms with van der Waals surface area (Å²) in [5.41, 5.74) is 1.70. The van der Waals surface area contributed by atoms with Gasteiger partial charge in [0, 0.05) is 23.6 Å². The summed E-state index contributed by atoms with van der Waals surface area (Å²) >= 11 is 1.56. The minimum Gasteiger partial charge on any atom is -0.457 e. The van der Waals surface area contributed by atoms with E-state index in [0.29, 0.717) is 6.42 Å². The lowest BCUT2D eigenvalue weighted by atomic mass is 9.81. The van der Waals surface area contributed by atoms with Gasteiger partial charge < -0.3 is 14.9 Å². The Morgan fingerprint density at radius 2 is 1.91 bits per heavy atom. The molecule has 2 N–H and O–H groups in total. The Labute approximate surface area is 195 Å². The molecule has 0 saturated carbocycles. The molecular formula is C25H37NO5S. The smallest absolute Gasteiger partial charge is 0.309 e. The van der Waals surface area contributed by atoms with Crippen LogP contribution >= 0.6 is 11.3 Å². The molecule has 1 aliphatic rings. The number of ketones is 1. The molecule has 1 aliphatic heterocycles. The van der Waals surface area contributed by atoms with Gasteiger partial charge >= 0.3 is 5.97 Å². The number of esters is 1. The van der Waals surface area contributed by atoms with Gasteiger partial charge in [-0.2, -0.15) is 0 Å². The maximum absolute atomic E-state index is 12.8. The number of hydrogen-bond acceptors (Lipinski definition) is 7. The van der Waals surface area contributed by atoms with Gasteiger partial charge in [-0.15, -0.1) is 11.3 Å². The van der Waals surface area contributed by atoms with Crippen LogP contribution in [0.25, 0.3) is 6.08 Å². The van der Waals surface area contributed by atoms with Crippen molar-refractivity contribution >= 4 is 29.2 Å². The van der Waals surface area contributed by atoms with Gasteiger partial charge in [-0.05, 0) is 50.7 Å². The largest absolute Gasteiger partial charge is 0.457 e. The van der Waals surface area contributed by atoms with Crippen LogP contribution in [-0.4, -0.2) is 45.3 Å². The van der Waals surface area contributed by atoms with E-state index in [2.05, 4.69) is 11.1 Å². The van der Waals surface area contributed by atoms with Gasteiger partial charge in [0.2, 0.25) is 0 Å². The van der Waals surface area contributed by atoms with Gasteiger partial charge in [0.1, 0.15) is 11.9 Å². The molecule has 1 aromatic rings. The van der Waals surface area contributed by atoms with Crippen molar-refractivity contribution in [2.75, 3.05) is 0 Å². The van der Waals surface area contributed by atoms with Crippen molar-refractivity contribution in [3.05, 3.63) is 33.8 Å². The molecule has 2 heterocycles. The second kappa shape index (κ2) is 12.4. The highest BCUT2D eigenvalue weighted by Gasteiger charge is 2.34. The van der Waals surface area contributed by atoms with E-state index in [4.69, 9.17) is 4.74 Å². The summed E-state index contributed by atoms with van der Waals surface area (Å²) < 4.78 is 5.71. The molecule has 1 unspecified atom stereocenters. The SMILES string of the molecule is C/C(=C\c1csc(C)n1)[C@@H]1C/C=C\CCC[C@H](C)[C@H](O)[C@@H](C)C(=O)C(C)[C@@H](O)CC(=O)O1. The minimum absolute atomic E-state index is 0.0240. The fourth-order valence-corrected chi connectivity index (χ4v) is 4.56. The van der Waals surface area contributed by atoms with Gasteiger partial charge in [0.15, 0.2) is 0 Å². The van der Waals surface area contributed by atoms with Crippen LogP contribution in [-0.2, 0) is 14.3 Å². The summed E-state index contributed by atoms with van der Waals surface area (Å²) in [5.74, 6) is -2.17. The number of Topliss-reactive ketones (excluding diaryl/α,β-unsaturated/α-hetero) is 1. The van der Waals surface area contributed by atoms with Crippen LogP contribution in [0.1, 0.15) is 70.5 Å². The third-order valence-electron chi connectivity index (χ3n) is 6.29. The van der Waals surface area contributed by atoms with Crippen molar-refractivity contribution in [3.8, 4) is 0 Å². The molecule has 0 bridgehead atoms. The molecule has 1 aromatic heterocycles. The number of rotatable bonds is 2. The Balaban J connectivity index is 2.21. The lowest BCUT2D eigenvalue weighted by Gasteiger charge is -2.28. The monoisotopic (exact) mass is 463 g/mol. The highest BCUT2D eigenvalue weighted by atomic mass is 32.1. The molecule has 6 atom stereocenters. The van der Waals surface area contributed by atoms with Crippen LogP contribution in [0, 0.1) is 24.7 Å². The lowest BCUT2D eigenvalue weighted by Crippen LogP contribution is -2.39. The standard InChI is InChI=1S/C25H37NO5S/c1-15-10-8-6-7-9-11-22(16(2)12-20-14-32-19(5)26-20)31-23(28)13-21(27)17(3)25(30)18(4)24(15)29/h7,9,12,14-15,17-18,21-22,24,27,29H,6,8,10-11,13H2,1-5H3/b9-7-,16-12+/t15-,17?,18+,21-,22-,24-/m0/s1. The average molecular weight is 464 g/mol. The molecule has 0 spiro atoms. The summed E-state index contributed by atoms with van der Waals surface area (Å²) in [6.07, 6.45) is 6.41. The van der Waals surface area contributed by atoms with Crippen molar-refractivity contribution in [2.45, 2.75) is 85.0 Å². The molecule has 0 radical (unpaired) electrons. The second-order valence-corrected chi connectivity index (χ2v) is 10.1. The summed E-state index contributed by atoms with van der Waals surface area (Å²) in [6.45, 7) is 9.10. The molecule has 0 aliphatic carbocycles. The number of carbonyl (C=O) groups excluding carboxylic acids is 2. The van der Waals surface area contributed by atoms with Crippen molar-refractivity contribution < 1.29 is 24.5 Å². The van der Waals surface area contributed by atoms with Crippen molar-refractivity contribution in [3.63, 3.8) is 0 Å². The molecule has 2 rings (SSSR count). The Hall–Kier alpha value is -1.83. The number of aromatic nitrogens is 1.